The van der Waals surface area contributed by atoms with Crippen LogP contribution in [0.5, 0.6) is 5.75 Å². The molecule has 0 aliphatic heterocycles. The Morgan fingerprint density at radius 2 is 1.96 bits per heavy atom. The van der Waals surface area contributed by atoms with E-state index in [0.29, 0.717) is 18.2 Å². The number of ether oxygens (including phenoxy) is 1. The molecule has 1 amide bonds. The van der Waals surface area contributed by atoms with Crippen molar-refractivity contribution in [1.82, 2.24) is 4.98 Å². The highest BCUT2D eigenvalue weighted by Gasteiger charge is 2.06. The van der Waals surface area contributed by atoms with Crippen molar-refractivity contribution in [2.24, 2.45) is 0 Å². The Bertz CT molecular complexity index is 624. The van der Waals surface area contributed by atoms with E-state index in [4.69, 9.17) is 4.74 Å². The second-order valence-electron chi connectivity index (χ2n) is 5.46. The van der Waals surface area contributed by atoms with Gasteiger partial charge >= 0.3 is 0 Å². The maximum atomic E-state index is 12.1. The zero-order valence-corrected chi connectivity index (χ0v) is 13.8. The number of nitrogens with one attached hydrogen (secondary N) is 2. The average molecular weight is 313 g/mol. The van der Waals surface area contributed by atoms with E-state index in [1.54, 1.807) is 13.3 Å². The maximum absolute atomic E-state index is 12.1. The van der Waals surface area contributed by atoms with E-state index >= 15 is 0 Å². The highest BCUT2D eigenvalue weighted by atomic mass is 16.5. The van der Waals surface area contributed by atoms with Crippen molar-refractivity contribution < 1.29 is 9.53 Å². The van der Waals surface area contributed by atoms with Crippen LogP contribution >= 0.6 is 0 Å². The fraction of sp³-hybridized carbons (Fsp3) is 0.333. The van der Waals surface area contributed by atoms with Gasteiger partial charge in [0, 0.05) is 6.04 Å². The molecule has 0 aliphatic carbocycles. The number of carbonyl (C=O) groups excluding carboxylic acids is 1. The molecule has 23 heavy (non-hydrogen) atoms. The minimum Gasteiger partial charge on any atom is -0.497 e. The number of pyridine rings is 1. The molecule has 0 bridgehead atoms. The summed E-state index contributed by atoms with van der Waals surface area (Å²) in [4.78, 5) is 16.4. The van der Waals surface area contributed by atoms with Crippen LogP contribution in [0.15, 0.2) is 42.6 Å². The van der Waals surface area contributed by atoms with Crippen LogP contribution < -0.4 is 15.4 Å². The minimum atomic E-state index is -0.0698. The van der Waals surface area contributed by atoms with Crippen molar-refractivity contribution in [3.63, 3.8) is 0 Å². The lowest BCUT2D eigenvalue weighted by Gasteiger charge is -2.12. The van der Waals surface area contributed by atoms with E-state index < -0.39 is 0 Å². The molecular formula is C18H23N3O2. The number of rotatable bonds is 7. The van der Waals surface area contributed by atoms with Crippen LogP contribution in [0.2, 0.25) is 0 Å². The molecule has 2 rings (SSSR count). The van der Waals surface area contributed by atoms with Gasteiger partial charge in [0.05, 0.1) is 25.4 Å². The molecular weight excluding hydrogens is 290 g/mol. The number of methoxy groups -OCH3 is 1. The molecule has 0 fully saturated rings. The molecule has 2 aromatic rings. The molecule has 1 atom stereocenters. The number of hydrogen-bond donors (Lipinski definition) is 2. The Morgan fingerprint density at radius 3 is 2.52 bits per heavy atom. The summed E-state index contributed by atoms with van der Waals surface area (Å²) in [6, 6.07) is 11.6. The lowest BCUT2D eigenvalue weighted by molar-refractivity contribution is -0.115. The first-order chi connectivity index (χ1) is 11.1. The van der Waals surface area contributed by atoms with Crippen molar-refractivity contribution in [3.8, 4) is 5.75 Å². The van der Waals surface area contributed by atoms with Gasteiger partial charge in [-0.05, 0) is 43.2 Å². The summed E-state index contributed by atoms with van der Waals surface area (Å²) in [6.07, 6.45) is 3.01. The molecule has 2 N–H and O–H groups in total. The van der Waals surface area contributed by atoms with Gasteiger partial charge < -0.3 is 15.4 Å². The van der Waals surface area contributed by atoms with Gasteiger partial charge in [-0.2, -0.15) is 0 Å². The zero-order chi connectivity index (χ0) is 16.7. The molecule has 5 nitrogen and oxygen atoms in total. The molecule has 0 aliphatic rings. The number of amides is 1. The molecule has 0 spiro atoms. The second-order valence-corrected chi connectivity index (χ2v) is 5.46. The van der Waals surface area contributed by atoms with Gasteiger partial charge in [-0.15, -0.1) is 0 Å². The molecule has 1 unspecified atom stereocenters. The van der Waals surface area contributed by atoms with Crippen LogP contribution in [0.4, 0.5) is 11.5 Å². The number of nitrogens with zero attached hydrogens (tertiary/aromatic N) is 1. The smallest absolute Gasteiger partial charge is 0.228 e. The highest BCUT2D eigenvalue weighted by molar-refractivity contribution is 5.92. The van der Waals surface area contributed by atoms with Gasteiger partial charge in [-0.3, -0.25) is 4.79 Å². The normalized spacial score (nSPS) is 11.6. The van der Waals surface area contributed by atoms with Crippen molar-refractivity contribution >= 4 is 17.4 Å². The molecule has 5 heteroatoms. The van der Waals surface area contributed by atoms with Crippen molar-refractivity contribution in [1.29, 1.82) is 0 Å². The monoisotopic (exact) mass is 313 g/mol. The summed E-state index contributed by atoms with van der Waals surface area (Å²) >= 11 is 0. The van der Waals surface area contributed by atoms with E-state index in [1.165, 1.54) is 0 Å². The third-order valence-electron chi connectivity index (χ3n) is 3.58. The number of anilines is 2. The van der Waals surface area contributed by atoms with Gasteiger partial charge in [0.15, 0.2) is 0 Å². The Labute approximate surface area is 137 Å². The third-order valence-corrected chi connectivity index (χ3v) is 3.58. The van der Waals surface area contributed by atoms with Crippen LogP contribution in [-0.4, -0.2) is 24.0 Å². The summed E-state index contributed by atoms with van der Waals surface area (Å²) in [5.74, 6) is 1.52. The van der Waals surface area contributed by atoms with Gasteiger partial charge in [0.2, 0.25) is 5.91 Å². The molecule has 122 valence electrons. The van der Waals surface area contributed by atoms with Gasteiger partial charge in [0.1, 0.15) is 11.6 Å². The molecule has 0 saturated carbocycles. The van der Waals surface area contributed by atoms with E-state index in [-0.39, 0.29) is 5.91 Å². The van der Waals surface area contributed by atoms with Gasteiger partial charge in [0.25, 0.3) is 0 Å². The molecule has 1 heterocycles. The lowest BCUT2D eigenvalue weighted by Crippen LogP contribution is -2.16. The summed E-state index contributed by atoms with van der Waals surface area (Å²) in [7, 11) is 1.62. The lowest BCUT2D eigenvalue weighted by atomic mass is 10.1. The first-order valence-corrected chi connectivity index (χ1v) is 7.76. The van der Waals surface area contributed by atoms with Gasteiger partial charge in [-0.25, -0.2) is 4.98 Å². The van der Waals surface area contributed by atoms with E-state index in [0.717, 1.165) is 23.6 Å². The second kappa shape index (κ2) is 8.17. The third kappa shape index (κ3) is 5.29. The fourth-order valence-corrected chi connectivity index (χ4v) is 2.04. The predicted molar refractivity (Wildman–Crippen MR) is 92.9 cm³/mol. The average Bonchev–Trinajstić information content (AvgIpc) is 2.57. The van der Waals surface area contributed by atoms with E-state index in [2.05, 4.69) is 29.5 Å². The zero-order valence-electron chi connectivity index (χ0n) is 13.8. The highest BCUT2D eigenvalue weighted by Crippen LogP contribution is 2.14. The number of carbonyl (C=O) groups is 1. The Balaban J connectivity index is 1.89. The number of hydrogen-bond acceptors (Lipinski definition) is 4. The minimum absolute atomic E-state index is 0.0698. The van der Waals surface area contributed by atoms with Crippen LogP contribution in [0.3, 0.4) is 0 Å². The van der Waals surface area contributed by atoms with Crippen LogP contribution in [0.25, 0.3) is 0 Å². The van der Waals surface area contributed by atoms with Crippen molar-refractivity contribution in [2.45, 2.75) is 32.7 Å². The molecule has 0 saturated heterocycles. The summed E-state index contributed by atoms with van der Waals surface area (Å²) in [6.45, 7) is 4.22. The maximum Gasteiger partial charge on any atom is 0.228 e. The Hall–Kier alpha value is -2.56. The summed E-state index contributed by atoms with van der Waals surface area (Å²) in [5.41, 5.74) is 1.63. The predicted octanol–water partition coefficient (Wildman–Crippen LogP) is 3.48. The molecule has 0 radical (unpaired) electrons. The first kappa shape index (κ1) is 16.8. The van der Waals surface area contributed by atoms with E-state index in [9.17, 15) is 4.79 Å². The number of benzene rings is 1. The topological polar surface area (TPSA) is 63.2 Å². The van der Waals surface area contributed by atoms with Crippen molar-refractivity contribution in [2.75, 3.05) is 17.7 Å². The van der Waals surface area contributed by atoms with Crippen LogP contribution in [-0.2, 0) is 11.2 Å². The first-order valence-electron chi connectivity index (χ1n) is 7.76. The fourth-order valence-electron chi connectivity index (χ4n) is 2.04. The largest absolute Gasteiger partial charge is 0.497 e. The summed E-state index contributed by atoms with van der Waals surface area (Å²) in [5, 5.41) is 6.14. The van der Waals surface area contributed by atoms with Crippen molar-refractivity contribution in [3.05, 3.63) is 48.2 Å². The van der Waals surface area contributed by atoms with Gasteiger partial charge in [-0.1, -0.05) is 19.1 Å². The Morgan fingerprint density at radius 1 is 1.22 bits per heavy atom. The van der Waals surface area contributed by atoms with Crippen LogP contribution in [0.1, 0.15) is 25.8 Å². The molecule has 1 aromatic heterocycles. The van der Waals surface area contributed by atoms with Crippen LogP contribution in [0, 0.1) is 0 Å². The standard InChI is InChI=1S/C18H23N3O2/c1-4-13(2)20-17-10-7-15(12-19-17)21-18(22)11-14-5-8-16(23-3)9-6-14/h5-10,12-13H,4,11H2,1-3H3,(H,19,20)(H,21,22). The summed E-state index contributed by atoms with van der Waals surface area (Å²) < 4.78 is 5.10. The quantitative estimate of drug-likeness (QED) is 0.821. The SMILES string of the molecule is CCC(C)Nc1ccc(NC(=O)Cc2ccc(OC)cc2)cn1. The van der Waals surface area contributed by atoms with E-state index in [1.807, 2.05) is 36.4 Å². The Kier molecular flexibility index (Phi) is 5.97. The molecule has 1 aromatic carbocycles. The number of aromatic nitrogens is 1.